The van der Waals surface area contributed by atoms with E-state index < -0.39 is 4.92 Å². The van der Waals surface area contributed by atoms with Gasteiger partial charge in [0.15, 0.2) is 0 Å². The van der Waals surface area contributed by atoms with Crippen LogP contribution in [-0.2, 0) is 0 Å². The van der Waals surface area contributed by atoms with E-state index in [1.54, 1.807) is 19.1 Å². The van der Waals surface area contributed by atoms with Crippen LogP contribution in [0.15, 0.2) is 18.2 Å². The van der Waals surface area contributed by atoms with Gasteiger partial charge in [0.05, 0.1) is 11.0 Å². The largest absolute Gasteiger partial charge is 0.391 e. The Morgan fingerprint density at radius 3 is 2.88 bits per heavy atom. The number of nitrogens with one attached hydrogen (secondary N) is 1. The molecule has 1 saturated carbocycles. The highest BCUT2D eigenvalue weighted by atomic mass is 16.6. The second kappa shape index (κ2) is 4.71. The molecule has 0 amide bonds. The van der Waals surface area contributed by atoms with Gasteiger partial charge in [-0.1, -0.05) is 6.07 Å². The molecule has 2 N–H and O–H groups in total. The molecule has 1 aromatic carbocycles. The molecule has 1 fully saturated rings. The molecule has 5 heteroatoms. The van der Waals surface area contributed by atoms with Crippen LogP contribution in [0.25, 0.3) is 0 Å². The number of nitrogens with zero attached hydrogens (tertiary/aromatic N) is 1. The van der Waals surface area contributed by atoms with Gasteiger partial charge in [-0.25, -0.2) is 0 Å². The first-order valence-corrected chi connectivity index (χ1v) is 5.75. The number of anilines is 1. The van der Waals surface area contributed by atoms with E-state index in [2.05, 4.69) is 5.32 Å². The summed E-state index contributed by atoms with van der Waals surface area (Å²) in [5.74, 6) is 0.404. The molecule has 92 valence electrons. The Balaban J connectivity index is 2.04. The van der Waals surface area contributed by atoms with E-state index in [1.165, 1.54) is 6.07 Å². The molecular weight excluding hydrogens is 220 g/mol. The topological polar surface area (TPSA) is 75.4 Å². The number of rotatable bonds is 5. The number of hydrogen-bond acceptors (Lipinski definition) is 4. The van der Waals surface area contributed by atoms with Crippen molar-refractivity contribution in [1.29, 1.82) is 0 Å². The SMILES string of the molecule is Cc1c(NCC(O)C2CC2)cccc1[N+](=O)[O-]. The highest BCUT2D eigenvalue weighted by molar-refractivity contribution is 5.59. The van der Waals surface area contributed by atoms with Crippen molar-refractivity contribution in [2.75, 3.05) is 11.9 Å². The lowest BCUT2D eigenvalue weighted by atomic mass is 10.1. The van der Waals surface area contributed by atoms with E-state index in [1.807, 2.05) is 0 Å². The fourth-order valence-electron chi connectivity index (χ4n) is 1.87. The minimum Gasteiger partial charge on any atom is -0.391 e. The van der Waals surface area contributed by atoms with Gasteiger partial charge in [0.25, 0.3) is 5.69 Å². The van der Waals surface area contributed by atoms with Crippen LogP contribution in [0, 0.1) is 23.0 Å². The van der Waals surface area contributed by atoms with Crippen LogP contribution in [-0.4, -0.2) is 22.7 Å². The lowest BCUT2D eigenvalue weighted by Gasteiger charge is -2.13. The number of hydrogen-bond donors (Lipinski definition) is 2. The summed E-state index contributed by atoms with van der Waals surface area (Å²) in [6.45, 7) is 2.16. The maximum atomic E-state index is 10.8. The Bertz CT molecular complexity index is 430. The van der Waals surface area contributed by atoms with Crippen molar-refractivity contribution in [3.05, 3.63) is 33.9 Å². The lowest BCUT2D eigenvalue weighted by Crippen LogP contribution is -2.21. The molecule has 0 saturated heterocycles. The van der Waals surface area contributed by atoms with Gasteiger partial charge in [0, 0.05) is 23.9 Å². The molecule has 0 bridgehead atoms. The van der Waals surface area contributed by atoms with Crippen molar-refractivity contribution in [1.82, 2.24) is 0 Å². The van der Waals surface area contributed by atoms with E-state index in [-0.39, 0.29) is 11.8 Å². The third-order valence-electron chi connectivity index (χ3n) is 3.17. The Kier molecular flexibility index (Phi) is 3.28. The second-order valence-electron chi connectivity index (χ2n) is 4.49. The van der Waals surface area contributed by atoms with E-state index >= 15 is 0 Å². The number of benzene rings is 1. The third-order valence-corrected chi connectivity index (χ3v) is 3.17. The van der Waals surface area contributed by atoms with Crippen LogP contribution in [0.3, 0.4) is 0 Å². The third kappa shape index (κ3) is 2.74. The highest BCUT2D eigenvalue weighted by Crippen LogP contribution is 2.33. The number of aliphatic hydroxyl groups excluding tert-OH is 1. The Labute approximate surface area is 99.6 Å². The average Bonchev–Trinajstić information content (AvgIpc) is 3.10. The van der Waals surface area contributed by atoms with Gasteiger partial charge >= 0.3 is 0 Å². The molecule has 17 heavy (non-hydrogen) atoms. The van der Waals surface area contributed by atoms with Gasteiger partial charge in [0.1, 0.15) is 0 Å². The Morgan fingerprint density at radius 1 is 1.59 bits per heavy atom. The molecule has 1 aromatic rings. The van der Waals surface area contributed by atoms with Gasteiger partial charge in [-0.15, -0.1) is 0 Å². The smallest absolute Gasteiger partial charge is 0.274 e. The highest BCUT2D eigenvalue weighted by Gasteiger charge is 2.29. The summed E-state index contributed by atoms with van der Waals surface area (Å²) in [6, 6.07) is 4.93. The average molecular weight is 236 g/mol. The van der Waals surface area contributed by atoms with Crippen molar-refractivity contribution in [2.24, 2.45) is 5.92 Å². The molecule has 0 radical (unpaired) electrons. The maximum absolute atomic E-state index is 10.8. The van der Waals surface area contributed by atoms with Crippen molar-refractivity contribution < 1.29 is 10.0 Å². The van der Waals surface area contributed by atoms with E-state index in [0.717, 1.165) is 18.5 Å². The second-order valence-corrected chi connectivity index (χ2v) is 4.49. The Hall–Kier alpha value is -1.62. The minimum absolute atomic E-state index is 0.107. The fourth-order valence-corrected chi connectivity index (χ4v) is 1.87. The lowest BCUT2D eigenvalue weighted by molar-refractivity contribution is -0.385. The standard InChI is InChI=1S/C12H16N2O3/c1-8-10(3-2-4-11(8)14(16)17)13-7-12(15)9-5-6-9/h2-4,9,12-13,15H,5-7H2,1H3. The molecular formula is C12H16N2O3. The Morgan fingerprint density at radius 2 is 2.29 bits per heavy atom. The predicted octanol–water partition coefficient (Wildman–Crippen LogP) is 2.09. The summed E-state index contributed by atoms with van der Waals surface area (Å²) >= 11 is 0. The first kappa shape index (κ1) is 11.9. The quantitative estimate of drug-likeness (QED) is 0.606. The van der Waals surface area contributed by atoms with Gasteiger partial charge in [-0.2, -0.15) is 0 Å². The van der Waals surface area contributed by atoms with Crippen molar-refractivity contribution >= 4 is 11.4 Å². The molecule has 1 aliphatic rings. The summed E-state index contributed by atoms with van der Waals surface area (Å²) in [6.07, 6.45) is 1.81. The van der Waals surface area contributed by atoms with Gasteiger partial charge in [0.2, 0.25) is 0 Å². The number of nitro benzene ring substituents is 1. The molecule has 0 spiro atoms. The molecule has 0 aliphatic heterocycles. The molecule has 0 heterocycles. The monoisotopic (exact) mass is 236 g/mol. The van der Waals surface area contributed by atoms with Crippen LogP contribution in [0.4, 0.5) is 11.4 Å². The van der Waals surface area contributed by atoms with Crippen molar-refractivity contribution in [3.63, 3.8) is 0 Å². The fraction of sp³-hybridized carbons (Fsp3) is 0.500. The zero-order chi connectivity index (χ0) is 12.4. The molecule has 2 rings (SSSR count). The van der Waals surface area contributed by atoms with E-state index in [4.69, 9.17) is 0 Å². The first-order valence-electron chi connectivity index (χ1n) is 5.75. The summed E-state index contributed by atoms with van der Waals surface area (Å²) in [5.41, 5.74) is 1.44. The van der Waals surface area contributed by atoms with E-state index in [9.17, 15) is 15.2 Å². The van der Waals surface area contributed by atoms with Crippen molar-refractivity contribution in [2.45, 2.75) is 25.9 Å². The zero-order valence-electron chi connectivity index (χ0n) is 9.72. The first-order chi connectivity index (χ1) is 8.09. The molecule has 1 unspecified atom stereocenters. The van der Waals surface area contributed by atoms with E-state index in [0.29, 0.717) is 18.0 Å². The molecule has 0 aromatic heterocycles. The van der Waals surface area contributed by atoms with Crippen LogP contribution < -0.4 is 5.32 Å². The van der Waals surface area contributed by atoms with Crippen LogP contribution in [0.1, 0.15) is 18.4 Å². The van der Waals surface area contributed by atoms with Crippen LogP contribution >= 0.6 is 0 Å². The van der Waals surface area contributed by atoms with Crippen LogP contribution in [0.2, 0.25) is 0 Å². The number of nitro groups is 1. The van der Waals surface area contributed by atoms with Gasteiger partial charge in [-0.05, 0) is 31.7 Å². The van der Waals surface area contributed by atoms with Gasteiger partial charge < -0.3 is 10.4 Å². The number of aliphatic hydroxyl groups is 1. The minimum atomic E-state index is -0.391. The predicted molar refractivity (Wildman–Crippen MR) is 65.1 cm³/mol. The summed E-state index contributed by atoms with van der Waals surface area (Å²) < 4.78 is 0. The normalized spacial score (nSPS) is 16.6. The molecule has 1 aliphatic carbocycles. The maximum Gasteiger partial charge on any atom is 0.274 e. The van der Waals surface area contributed by atoms with Crippen molar-refractivity contribution in [3.8, 4) is 0 Å². The molecule has 5 nitrogen and oxygen atoms in total. The molecule has 1 atom stereocenters. The summed E-state index contributed by atoms with van der Waals surface area (Å²) in [7, 11) is 0. The van der Waals surface area contributed by atoms with Gasteiger partial charge in [-0.3, -0.25) is 10.1 Å². The summed E-state index contributed by atoms with van der Waals surface area (Å²) in [5, 5.41) is 23.6. The van der Waals surface area contributed by atoms with Crippen LogP contribution in [0.5, 0.6) is 0 Å². The summed E-state index contributed by atoms with van der Waals surface area (Å²) in [4.78, 5) is 10.4. The zero-order valence-corrected chi connectivity index (χ0v) is 9.72.